The van der Waals surface area contributed by atoms with E-state index in [2.05, 4.69) is 0 Å². The van der Waals surface area contributed by atoms with Crippen molar-refractivity contribution < 1.29 is 28.5 Å². The summed E-state index contributed by atoms with van der Waals surface area (Å²) in [4.78, 5) is 24.3. The average molecular weight is 396 g/mol. The van der Waals surface area contributed by atoms with Crippen LogP contribution in [0.25, 0.3) is 11.1 Å². The summed E-state index contributed by atoms with van der Waals surface area (Å²) in [6.45, 7) is 0.218. The summed E-state index contributed by atoms with van der Waals surface area (Å²) in [5.41, 5.74) is 3.39. The quantitative estimate of drug-likeness (QED) is 0.632. The van der Waals surface area contributed by atoms with Crippen LogP contribution >= 0.6 is 0 Å². The first-order valence-corrected chi connectivity index (χ1v) is 9.81. The second-order valence-corrected chi connectivity index (χ2v) is 7.35. The molecule has 6 nitrogen and oxygen atoms in total. The molecule has 4 rings (SSSR count). The first kappa shape index (κ1) is 19.3. The zero-order valence-electron chi connectivity index (χ0n) is 16.7. The predicted molar refractivity (Wildman–Crippen MR) is 107 cm³/mol. The third-order valence-electron chi connectivity index (χ3n) is 5.38. The maximum Gasteiger partial charge on any atom is 0.344 e. The molecular formula is C23H24O6. The van der Waals surface area contributed by atoms with E-state index in [0.717, 1.165) is 35.1 Å². The Labute approximate surface area is 169 Å². The van der Waals surface area contributed by atoms with Gasteiger partial charge in [0, 0.05) is 17.5 Å². The molecule has 0 spiro atoms. The lowest BCUT2D eigenvalue weighted by atomic mass is 9.95. The van der Waals surface area contributed by atoms with E-state index in [1.165, 1.54) is 7.11 Å². The van der Waals surface area contributed by atoms with Gasteiger partial charge < -0.3 is 18.9 Å². The van der Waals surface area contributed by atoms with E-state index in [-0.39, 0.29) is 12.4 Å². The van der Waals surface area contributed by atoms with Gasteiger partial charge in [0.2, 0.25) is 5.75 Å². The molecule has 0 unspecified atom stereocenters. The smallest absolute Gasteiger partial charge is 0.344 e. The largest absolute Gasteiger partial charge is 0.493 e. The zero-order valence-corrected chi connectivity index (χ0v) is 16.7. The number of hydrogen-bond acceptors (Lipinski definition) is 6. The monoisotopic (exact) mass is 396 g/mol. The van der Waals surface area contributed by atoms with Gasteiger partial charge in [-0.3, -0.25) is 4.79 Å². The summed E-state index contributed by atoms with van der Waals surface area (Å²) >= 11 is 0. The number of benzene rings is 2. The van der Waals surface area contributed by atoms with E-state index >= 15 is 0 Å². The summed E-state index contributed by atoms with van der Waals surface area (Å²) in [5, 5.41) is 0. The Morgan fingerprint density at radius 2 is 1.76 bits per heavy atom. The van der Waals surface area contributed by atoms with Crippen molar-refractivity contribution in [3.05, 3.63) is 41.5 Å². The van der Waals surface area contributed by atoms with E-state index in [1.54, 1.807) is 13.2 Å². The van der Waals surface area contributed by atoms with Crippen LogP contribution in [0.2, 0.25) is 0 Å². The third-order valence-corrected chi connectivity index (χ3v) is 5.38. The number of carbonyl (C=O) groups is 2. The fraction of sp³-hybridized carbons (Fsp3) is 0.391. The molecule has 0 bridgehead atoms. The second-order valence-electron chi connectivity index (χ2n) is 7.35. The molecule has 2 aromatic carbocycles. The number of fused-ring (bicyclic) bond motifs is 1. The number of rotatable bonds is 8. The number of ether oxygens (including phenoxy) is 4. The zero-order chi connectivity index (χ0) is 20.4. The van der Waals surface area contributed by atoms with Gasteiger partial charge in [0.15, 0.2) is 23.9 Å². The molecule has 152 valence electrons. The van der Waals surface area contributed by atoms with Crippen molar-refractivity contribution in [2.45, 2.75) is 25.7 Å². The first-order chi connectivity index (χ1) is 14.1. The van der Waals surface area contributed by atoms with Crippen LogP contribution in [0.3, 0.4) is 0 Å². The highest BCUT2D eigenvalue weighted by Gasteiger charge is 2.27. The summed E-state index contributed by atoms with van der Waals surface area (Å²) in [5.74, 6) is 1.53. The van der Waals surface area contributed by atoms with E-state index in [0.29, 0.717) is 42.6 Å². The Balaban J connectivity index is 1.68. The molecule has 1 saturated carbocycles. The summed E-state index contributed by atoms with van der Waals surface area (Å²) < 4.78 is 22.1. The molecular weight excluding hydrogens is 372 g/mol. The SMILES string of the molecule is COc1ccc(-c2cccc3c2CCC3=O)c(OCC(=O)OCC2CC2)c1OC. The minimum Gasteiger partial charge on any atom is -0.493 e. The minimum atomic E-state index is -0.416. The summed E-state index contributed by atoms with van der Waals surface area (Å²) in [6.07, 6.45) is 3.41. The van der Waals surface area contributed by atoms with Crippen molar-refractivity contribution in [3.8, 4) is 28.4 Å². The summed E-state index contributed by atoms with van der Waals surface area (Å²) in [7, 11) is 3.07. The summed E-state index contributed by atoms with van der Waals surface area (Å²) in [6, 6.07) is 9.33. The lowest BCUT2D eigenvalue weighted by molar-refractivity contribution is -0.146. The van der Waals surface area contributed by atoms with Crippen molar-refractivity contribution in [1.29, 1.82) is 0 Å². The minimum absolute atomic E-state index is 0.147. The number of methoxy groups -OCH3 is 2. The molecule has 0 radical (unpaired) electrons. The third kappa shape index (κ3) is 3.92. The first-order valence-electron chi connectivity index (χ1n) is 9.81. The maximum atomic E-state index is 12.2. The Kier molecular flexibility index (Phi) is 5.43. The van der Waals surface area contributed by atoms with Crippen molar-refractivity contribution in [2.24, 2.45) is 5.92 Å². The highest BCUT2D eigenvalue weighted by atomic mass is 16.6. The van der Waals surface area contributed by atoms with Crippen LogP contribution in [0.4, 0.5) is 0 Å². The molecule has 2 aliphatic rings. The van der Waals surface area contributed by atoms with E-state index in [4.69, 9.17) is 18.9 Å². The molecule has 0 aliphatic heterocycles. The standard InChI is InChI=1S/C23H24O6/c1-26-20-11-9-18(15-4-3-5-17-16(15)8-10-19(17)24)22(23(20)27-2)29-13-21(25)28-12-14-6-7-14/h3-5,9,11,14H,6-8,10,12-13H2,1-2H3. The van der Waals surface area contributed by atoms with Crippen molar-refractivity contribution in [1.82, 2.24) is 0 Å². The lowest BCUT2D eigenvalue weighted by Gasteiger charge is -2.19. The highest BCUT2D eigenvalue weighted by Crippen LogP contribution is 2.46. The molecule has 29 heavy (non-hydrogen) atoms. The fourth-order valence-corrected chi connectivity index (χ4v) is 3.67. The molecule has 2 aromatic rings. The van der Waals surface area contributed by atoms with Gasteiger partial charge in [-0.05, 0) is 48.4 Å². The molecule has 0 heterocycles. The predicted octanol–water partition coefficient (Wildman–Crippen LogP) is 3.83. The Bertz CT molecular complexity index is 945. The van der Waals surface area contributed by atoms with Crippen LogP contribution in [0, 0.1) is 5.92 Å². The normalized spacial score (nSPS) is 15.0. The Hall–Kier alpha value is -3.02. The van der Waals surface area contributed by atoms with Crippen LogP contribution in [-0.4, -0.2) is 39.2 Å². The number of ketones is 1. The Morgan fingerprint density at radius 3 is 2.48 bits per heavy atom. The van der Waals surface area contributed by atoms with Crippen LogP contribution in [-0.2, 0) is 16.0 Å². The van der Waals surface area contributed by atoms with Crippen LogP contribution in [0.15, 0.2) is 30.3 Å². The van der Waals surface area contributed by atoms with Gasteiger partial charge in [0.25, 0.3) is 0 Å². The number of Topliss-reactive ketones (excluding diaryl/α,β-unsaturated/α-hetero) is 1. The lowest BCUT2D eigenvalue weighted by Crippen LogP contribution is -2.17. The second kappa shape index (κ2) is 8.15. The van der Waals surface area contributed by atoms with E-state index < -0.39 is 5.97 Å². The molecule has 0 amide bonds. The number of carbonyl (C=O) groups excluding carboxylic acids is 2. The van der Waals surface area contributed by atoms with Gasteiger partial charge >= 0.3 is 5.97 Å². The molecule has 6 heteroatoms. The molecule has 0 N–H and O–H groups in total. The van der Waals surface area contributed by atoms with E-state index in [9.17, 15) is 9.59 Å². The van der Waals surface area contributed by atoms with Crippen molar-refractivity contribution >= 4 is 11.8 Å². The molecule has 0 saturated heterocycles. The van der Waals surface area contributed by atoms with E-state index in [1.807, 2.05) is 24.3 Å². The van der Waals surface area contributed by atoms with Crippen LogP contribution in [0.5, 0.6) is 17.2 Å². The molecule has 2 aliphatic carbocycles. The molecule has 0 atom stereocenters. The van der Waals surface area contributed by atoms with Gasteiger partial charge in [-0.1, -0.05) is 18.2 Å². The molecule has 0 aromatic heterocycles. The van der Waals surface area contributed by atoms with Crippen molar-refractivity contribution in [2.75, 3.05) is 27.4 Å². The van der Waals surface area contributed by atoms with Gasteiger partial charge in [0.05, 0.1) is 20.8 Å². The van der Waals surface area contributed by atoms with Gasteiger partial charge in [-0.15, -0.1) is 0 Å². The van der Waals surface area contributed by atoms with Gasteiger partial charge in [0.1, 0.15) is 0 Å². The number of esters is 1. The highest BCUT2D eigenvalue weighted by molar-refractivity contribution is 6.02. The molecule has 1 fully saturated rings. The van der Waals surface area contributed by atoms with Crippen LogP contribution in [0.1, 0.15) is 35.2 Å². The fourth-order valence-electron chi connectivity index (χ4n) is 3.67. The van der Waals surface area contributed by atoms with Crippen molar-refractivity contribution in [3.63, 3.8) is 0 Å². The van der Waals surface area contributed by atoms with Crippen LogP contribution < -0.4 is 14.2 Å². The van der Waals surface area contributed by atoms with Gasteiger partial charge in [-0.2, -0.15) is 0 Å². The Morgan fingerprint density at radius 1 is 0.966 bits per heavy atom. The maximum absolute atomic E-state index is 12.2. The number of hydrogen-bond donors (Lipinski definition) is 0. The van der Waals surface area contributed by atoms with Gasteiger partial charge in [-0.25, -0.2) is 4.79 Å². The topological polar surface area (TPSA) is 71.1 Å². The average Bonchev–Trinajstić information content (AvgIpc) is 3.51.